The second kappa shape index (κ2) is 9.07. The lowest BCUT2D eigenvalue weighted by molar-refractivity contribution is -0.137. The maximum atomic E-state index is 12.0. The molecule has 0 heterocycles. The van der Waals surface area contributed by atoms with Crippen LogP contribution in [0.15, 0.2) is 60.7 Å². The zero-order valence-corrected chi connectivity index (χ0v) is 13.3. The van der Waals surface area contributed by atoms with Gasteiger partial charge in [-0.25, -0.2) is 14.5 Å². The van der Waals surface area contributed by atoms with Crippen LogP contribution in [-0.4, -0.2) is 34.7 Å². The molecule has 2 aromatic carbocycles. The minimum atomic E-state index is -1.35. The summed E-state index contributed by atoms with van der Waals surface area (Å²) in [4.78, 5) is 35.4. The van der Waals surface area contributed by atoms with Gasteiger partial charge in [-0.15, -0.1) is 0 Å². The summed E-state index contributed by atoms with van der Waals surface area (Å²) < 4.78 is 9.97. The topological polar surface area (TPSA) is 93.1 Å². The number of nitrogens with zero attached hydrogens (tertiary/aromatic N) is 1. The molecular weight excluding hydrogens is 326 g/mol. The fourth-order valence-corrected chi connectivity index (χ4v) is 1.93. The van der Waals surface area contributed by atoms with Crippen molar-refractivity contribution in [3.05, 3.63) is 71.8 Å². The summed E-state index contributed by atoms with van der Waals surface area (Å²) in [5.41, 5.74) is 1.42. The second-order valence-electron chi connectivity index (χ2n) is 5.06. The van der Waals surface area contributed by atoms with Crippen molar-refractivity contribution in [1.82, 2.24) is 4.90 Å². The Balaban J connectivity index is 1.95. The average molecular weight is 343 g/mol. The van der Waals surface area contributed by atoms with Crippen molar-refractivity contribution in [1.29, 1.82) is 0 Å². The van der Waals surface area contributed by atoms with Crippen LogP contribution >= 0.6 is 0 Å². The maximum Gasteiger partial charge on any atom is 0.420 e. The molecular formula is C18H17NO6. The summed E-state index contributed by atoms with van der Waals surface area (Å²) in [5, 5.41) is 8.89. The Morgan fingerprint density at radius 1 is 0.760 bits per heavy atom. The van der Waals surface area contributed by atoms with Gasteiger partial charge in [-0.2, -0.15) is 0 Å². The van der Waals surface area contributed by atoms with Gasteiger partial charge in [0.15, 0.2) is 0 Å². The molecule has 1 N–H and O–H groups in total. The number of imide groups is 1. The predicted molar refractivity (Wildman–Crippen MR) is 87.6 cm³/mol. The minimum Gasteiger partial charge on any atom is -0.480 e. The molecule has 2 amide bonds. The number of carboxylic acids is 1. The highest BCUT2D eigenvalue weighted by Gasteiger charge is 2.27. The van der Waals surface area contributed by atoms with Gasteiger partial charge in [-0.05, 0) is 11.1 Å². The van der Waals surface area contributed by atoms with Crippen LogP contribution in [0.4, 0.5) is 9.59 Å². The third-order valence-electron chi connectivity index (χ3n) is 3.14. The Labute approximate surface area is 144 Å². The van der Waals surface area contributed by atoms with Crippen LogP contribution in [0.2, 0.25) is 0 Å². The molecule has 0 aromatic heterocycles. The van der Waals surface area contributed by atoms with Crippen LogP contribution in [0, 0.1) is 0 Å². The lowest BCUT2D eigenvalue weighted by Gasteiger charge is -2.18. The first-order valence-corrected chi connectivity index (χ1v) is 7.47. The molecule has 7 heteroatoms. The van der Waals surface area contributed by atoms with Gasteiger partial charge in [0, 0.05) is 0 Å². The minimum absolute atomic E-state index is 0.0816. The number of hydrogen-bond acceptors (Lipinski definition) is 5. The largest absolute Gasteiger partial charge is 0.480 e. The number of rotatable bonds is 6. The van der Waals surface area contributed by atoms with E-state index in [1.54, 1.807) is 48.5 Å². The van der Waals surface area contributed by atoms with Gasteiger partial charge in [-0.1, -0.05) is 60.7 Å². The average Bonchev–Trinajstić information content (AvgIpc) is 2.64. The standard InChI is InChI=1S/C18H17NO6/c20-16(21)11-19(17(22)24-12-14-7-3-1-4-8-14)18(23)25-13-15-9-5-2-6-10-15/h1-10H,11-13H2,(H,20,21). The van der Waals surface area contributed by atoms with Gasteiger partial charge >= 0.3 is 18.2 Å². The van der Waals surface area contributed by atoms with Crippen LogP contribution in [0.3, 0.4) is 0 Å². The van der Waals surface area contributed by atoms with E-state index in [0.29, 0.717) is 16.0 Å². The van der Waals surface area contributed by atoms with Gasteiger partial charge in [0.1, 0.15) is 19.8 Å². The van der Waals surface area contributed by atoms with Crippen LogP contribution < -0.4 is 0 Å². The zero-order chi connectivity index (χ0) is 18.1. The van der Waals surface area contributed by atoms with E-state index in [0.717, 1.165) is 0 Å². The highest BCUT2D eigenvalue weighted by Crippen LogP contribution is 2.07. The van der Waals surface area contributed by atoms with E-state index in [9.17, 15) is 14.4 Å². The van der Waals surface area contributed by atoms with E-state index >= 15 is 0 Å². The molecule has 0 fully saturated rings. The number of benzene rings is 2. The first kappa shape index (κ1) is 18.0. The van der Waals surface area contributed by atoms with E-state index in [-0.39, 0.29) is 13.2 Å². The van der Waals surface area contributed by atoms with Crippen LogP contribution in [-0.2, 0) is 27.5 Å². The molecule has 0 bridgehead atoms. The first-order chi connectivity index (χ1) is 12.1. The Morgan fingerprint density at radius 2 is 1.16 bits per heavy atom. The molecule has 7 nitrogen and oxygen atoms in total. The molecule has 0 spiro atoms. The van der Waals surface area contributed by atoms with Crippen molar-refractivity contribution in [2.75, 3.05) is 6.54 Å². The normalized spacial score (nSPS) is 9.92. The van der Waals surface area contributed by atoms with Gasteiger partial charge in [0.25, 0.3) is 0 Å². The lowest BCUT2D eigenvalue weighted by Crippen LogP contribution is -2.41. The number of carboxylic acid groups (broad SMARTS) is 1. The zero-order valence-electron chi connectivity index (χ0n) is 13.3. The van der Waals surface area contributed by atoms with E-state index in [2.05, 4.69) is 0 Å². The smallest absolute Gasteiger partial charge is 0.420 e. The van der Waals surface area contributed by atoms with Crippen LogP contribution in [0.1, 0.15) is 11.1 Å². The molecule has 0 aliphatic rings. The number of ether oxygens (including phenoxy) is 2. The summed E-state index contributed by atoms with van der Waals surface area (Å²) in [6, 6.07) is 17.7. The molecule has 0 unspecified atom stereocenters. The number of amides is 2. The number of carbonyl (C=O) groups is 3. The molecule has 2 rings (SSSR count). The monoisotopic (exact) mass is 343 g/mol. The van der Waals surface area contributed by atoms with E-state index in [1.807, 2.05) is 12.1 Å². The number of aliphatic carboxylic acids is 1. The van der Waals surface area contributed by atoms with Crippen molar-refractivity contribution >= 4 is 18.2 Å². The highest BCUT2D eigenvalue weighted by atomic mass is 16.6. The molecule has 0 saturated heterocycles. The van der Waals surface area contributed by atoms with Gasteiger partial charge in [0.05, 0.1) is 0 Å². The summed E-state index contributed by atoms with van der Waals surface area (Å²) in [7, 11) is 0. The Hall–Kier alpha value is -3.35. The third kappa shape index (κ3) is 5.98. The van der Waals surface area contributed by atoms with Gasteiger partial charge in [-0.3, -0.25) is 4.79 Å². The molecule has 130 valence electrons. The van der Waals surface area contributed by atoms with E-state index in [4.69, 9.17) is 14.6 Å². The fraction of sp³-hybridized carbons (Fsp3) is 0.167. The van der Waals surface area contributed by atoms with Crippen LogP contribution in [0.25, 0.3) is 0 Å². The molecule has 0 aliphatic heterocycles. The first-order valence-electron chi connectivity index (χ1n) is 7.47. The molecule has 0 aliphatic carbocycles. The van der Waals surface area contributed by atoms with Gasteiger partial charge in [0.2, 0.25) is 0 Å². The second-order valence-corrected chi connectivity index (χ2v) is 5.06. The molecule has 0 atom stereocenters. The van der Waals surface area contributed by atoms with Crippen LogP contribution in [0.5, 0.6) is 0 Å². The van der Waals surface area contributed by atoms with E-state index in [1.165, 1.54) is 0 Å². The number of hydrogen-bond donors (Lipinski definition) is 1. The van der Waals surface area contributed by atoms with Gasteiger partial charge < -0.3 is 14.6 Å². The van der Waals surface area contributed by atoms with E-state index < -0.39 is 24.7 Å². The summed E-state index contributed by atoms with van der Waals surface area (Å²) >= 11 is 0. The molecule has 25 heavy (non-hydrogen) atoms. The number of carbonyl (C=O) groups excluding carboxylic acids is 2. The quantitative estimate of drug-likeness (QED) is 0.866. The lowest BCUT2D eigenvalue weighted by atomic mass is 10.2. The predicted octanol–water partition coefficient (Wildman–Crippen LogP) is 3.05. The summed E-state index contributed by atoms with van der Waals surface area (Å²) in [6.45, 7) is -1.01. The SMILES string of the molecule is O=C(O)CN(C(=O)OCc1ccccc1)C(=O)OCc1ccccc1. The Morgan fingerprint density at radius 3 is 1.52 bits per heavy atom. The van der Waals surface area contributed by atoms with Crippen molar-refractivity contribution < 1.29 is 29.0 Å². The summed E-state index contributed by atoms with van der Waals surface area (Å²) in [5.74, 6) is -1.35. The van der Waals surface area contributed by atoms with Crippen molar-refractivity contribution in [3.63, 3.8) is 0 Å². The molecule has 0 radical (unpaired) electrons. The Kier molecular flexibility index (Phi) is 6.53. The maximum absolute atomic E-state index is 12.0. The Bertz CT molecular complexity index is 661. The third-order valence-corrected chi connectivity index (χ3v) is 3.14. The molecule has 2 aromatic rings. The van der Waals surface area contributed by atoms with Crippen molar-refractivity contribution in [2.45, 2.75) is 13.2 Å². The summed E-state index contributed by atoms with van der Waals surface area (Å²) in [6.07, 6.45) is -2.16. The van der Waals surface area contributed by atoms with Crippen molar-refractivity contribution in [2.24, 2.45) is 0 Å². The highest BCUT2D eigenvalue weighted by molar-refractivity contribution is 5.91. The van der Waals surface area contributed by atoms with Crippen molar-refractivity contribution in [3.8, 4) is 0 Å². The molecule has 0 saturated carbocycles. The fourth-order valence-electron chi connectivity index (χ4n) is 1.93.